The molecule has 9 heteroatoms. The summed E-state index contributed by atoms with van der Waals surface area (Å²) in [6, 6.07) is 4.96. The average molecular weight is 377 g/mol. The molecule has 138 valence electrons. The van der Waals surface area contributed by atoms with Crippen LogP contribution < -0.4 is 9.80 Å². The standard InChI is InChI=1S/C17H20FN5O2S/c18-15-10-13(2-3-16(15)21-6-1-8-26-9-7-21)22-11-14(25-17(22)24)12-23-19-4-5-20-23/h2-5,10,14H,1,6-9,11-12H2/t14-/m1/s1. The van der Waals surface area contributed by atoms with Crippen molar-refractivity contribution in [3.63, 3.8) is 0 Å². The number of hydrogen-bond acceptors (Lipinski definition) is 6. The van der Waals surface area contributed by atoms with E-state index < -0.39 is 6.09 Å². The lowest BCUT2D eigenvalue weighted by Crippen LogP contribution is -2.28. The summed E-state index contributed by atoms with van der Waals surface area (Å²) in [6.45, 7) is 2.42. The molecule has 1 aromatic carbocycles. The summed E-state index contributed by atoms with van der Waals surface area (Å²) in [5.74, 6) is 1.81. The SMILES string of the molecule is O=C1O[C@@H](Cn2nccn2)CN1c1ccc(N2CCCSCC2)c(F)c1. The van der Waals surface area contributed by atoms with Crippen molar-refractivity contribution in [3.05, 3.63) is 36.4 Å². The lowest BCUT2D eigenvalue weighted by atomic mass is 10.2. The molecule has 3 heterocycles. The fourth-order valence-electron chi connectivity index (χ4n) is 3.25. The number of carbonyl (C=O) groups excluding carboxylic acids is 1. The summed E-state index contributed by atoms with van der Waals surface area (Å²) in [7, 11) is 0. The number of anilines is 2. The minimum absolute atomic E-state index is 0.306. The Morgan fingerprint density at radius 2 is 2.08 bits per heavy atom. The highest BCUT2D eigenvalue weighted by Gasteiger charge is 2.33. The number of benzene rings is 1. The summed E-state index contributed by atoms with van der Waals surface area (Å²) in [5.41, 5.74) is 1.11. The van der Waals surface area contributed by atoms with Crippen LogP contribution in [0, 0.1) is 5.82 Å². The van der Waals surface area contributed by atoms with Crippen molar-refractivity contribution in [3.8, 4) is 0 Å². The largest absolute Gasteiger partial charge is 0.442 e. The van der Waals surface area contributed by atoms with Gasteiger partial charge < -0.3 is 9.64 Å². The molecule has 0 unspecified atom stereocenters. The summed E-state index contributed by atoms with van der Waals surface area (Å²) < 4.78 is 20.1. The van der Waals surface area contributed by atoms with Crippen molar-refractivity contribution in [1.82, 2.24) is 15.0 Å². The third kappa shape index (κ3) is 3.62. The molecule has 7 nitrogen and oxygen atoms in total. The third-order valence-corrected chi connectivity index (χ3v) is 5.56. The molecule has 4 rings (SSSR count). The van der Waals surface area contributed by atoms with E-state index in [0.717, 1.165) is 31.0 Å². The summed E-state index contributed by atoms with van der Waals surface area (Å²) >= 11 is 1.90. The fourth-order valence-corrected chi connectivity index (χ4v) is 4.14. The maximum absolute atomic E-state index is 14.7. The molecule has 2 aliphatic rings. The fraction of sp³-hybridized carbons (Fsp3) is 0.471. The van der Waals surface area contributed by atoms with Gasteiger partial charge in [0.15, 0.2) is 0 Å². The number of halogens is 1. The van der Waals surface area contributed by atoms with Crippen LogP contribution in [0.1, 0.15) is 6.42 Å². The molecular weight excluding hydrogens is 357 g/mol. The number of hydrogen-bond donors (Lipinski definition) is 0. The van der Waals surface area contributed by atoms with Crippen molar-refractivity contribution in [2.24, 2.45) is 0 Å². The van der Waals surface area contributed by atoms with Gasteiger partial charge in [0.25, 0.3) is 0 Å². The Morgan fingerprint density at radius 3 is 2.88 bits per heavy atom. The molecule has 2 aliphatic heterocycles. The van der Waals surface area contributed by atoms with Gasteiger partial charge in [-0.15, -0.1) is 0 Å². The lowest BCUT2D eigenvalue weighted by molar-refractivity contribution is 0.126. The quantitative estimate of drug-likeness (QED) is 0.815. The number of rotatable bonds is 4. The van der Waals surface area contributed by atoms with Gasteiger partial charge in [-0.05, 0) is 30.4 Å². The first kappa shape index (κ1) is 17.1. The van der Waals surface area contributed by atoms with E-state index in [1.807, 2.05) is 11.8 Å². The van der Waals surface area contributed by atoms with E-state index in [1.165, 1.54) is 15.8 Å². The van der Waals surface area contributed by atoms with Crippen molar-refractivity contribution >= 4 is 29.2 Å². The Balaban J connectivity index is 1.47. The van der Waals surface area contributed by atoms with E-state index in [2.05, 4.69) is 15.1 Å². The van der Waals surface area contributed by atoms with Crippen LogP contribution >= 0.6 is 11.8 Å². The Kier molecular flexibility index (Phi) is 4.96. The van der Waals surface area contributed by atoms with Crippen LogP contribution in [0.15, 0.2) is 30.6 Å². The molecule has 0 bridgehead atoms. The zero-order valence-electron chi connectivity index (χ0n) is 14.3. The molecule has 0 N–H and O–H groups in total. The Morgan fingerprint density at radius 1 is 1.23 bits per heavy atom. The predicted molar refractivity (Wildman–Crippen MR) is 98.2 cm³/mol. The van der Waals surface area contributed by atoms with E-state index in [9.17, 15) is 9.18 Å². The number of cyclic esters (lactones) is 1. The van der Waals surface area contributed by atoms with Gasteiger partial charge >= 0.3 is 6.09 Å². The third-order valence-electron chi connectivity index (χ3n) is 4.51. The lowest BCUT2D eigenvalue weighted by Gasteiger charge is -2.24. The van der Waals surface area contributed by atoms with E-state index in [-0.39, 0.29) is 11.9 Å². The van der Waals surface area contributed by atoms with Gasteiger partial charge in [-0.25, -0.2) is 9.18 Å². The maximum Gasteiger partial charge on any atom is 0.414 e. The minimum Gasteiger partial charge on any atom is -0.442 e. The second kappa shape index (κ2) is 7.53. The zero-order chi connectivity index (χ0) is 17.9. The highest BCUT2D eigenvalue weighted by atomic mass is 32.2. The monoisotopic (exact) mass is 377 g/mol. The number of amides is 1. The minimum atomic E-state index is -0.472. The first-order valence-corrected chi connectivity index (χ1v) is 9.80. The summed E-state index contributed by atoms with van der Waals surface area (Å²) in [5, 5.41) is 8.03. The molecule has 0 radical (unpaired) electrons. The van der Waals surface area contributed by atoms with Crippen LogP contribution in [0.4, 0.5) is 20.6 Å². The second-order valence-electron chi connectivity index (χ2n) is 6.29. The van der Waals surface area contributed by atoms with E-state index >= 15 is 0 Å². The van der Waals surface area contributed by atoms with Gasteiger partial charge in [-0.3, -0.25) is 4.90 Å². The summed E-state index contributed by atoms with van der Waals surface area (Å²) in [4.78, 5) is 17.2. The highest BCUT2D eigenvalue weighted by molar-refractivity contribution is 7.99. The Labute approximate surface area is 155 Å². The number of aromatic nitrogens is 3. The van der Waals surface area contributed by atoms with Crippen molar-refractivity contribution in [1.29, 1.82) is 0 Å². The van der Waals surface area contributed by atoms with Gasteiger partial charge in [0.1, 0.15) is 11.9 Å². The van der Waals surface area contributed by atoms with Crippen LogP contribution in [0.5, 0.6) is 0 Å². The highest BCUT2D eigenvalue weighted by Crippen LogP contribution is 2.29. The van der Waals surface area contributed by atoms with E-state index in [0.29, 0.717) is 24.5 Å². The number of carbonyl (C=O) groups is 1. The summed E-state index contributed by atoms with van der Waals surface area (Å²) in [6.07, 6.45) is 3.36. The molecular formula is C17H20FN5O2S. The van der Waals surface area contributed by atoms with E-state index in [4.69, 9.17) is 4.74 Å². The molecule has 2 saturated heterocycles. The van der Waals surface area contributed by atoms with Crippen molar-refractivity contribution < 1.29 is 13.9 Å². The predicted octanol–water partition coefficient (Wildman–Crippen LogP) is 2.39. The van der Waals surface area contributed by atoms with Gasteiger partial charge in [-0.1, -0.05) is 0 Å². The Hall–Kier alpha value is -2.29. The smallest absolute Gasteiger partial charge is 0.414 e. The number of thioether (sulfide) groups is 1. The molecule has 1 atom stereocenters. The number of nitrogens with zero attached hydrogens (tertiary/aromatic N) is 5. The first-order chi connectivity index (χ1) is 12.7. The molecule has 2 aromatic rings. The molecule has 26 heavy (non-hydrogen) atoms. The molecule has 0 aliphatic carbocycles. The van der Waals surface area contributed by atoms with Crippen LogP contribution in [-0.4, -0.2) is 58.3 Å². The molecule has 1 aromatic heterocycles. The van der Waals surface area contributed by atoms with Gasteiger partial charge in [-0.2, -0.15) is 26.8 Å². The molecule has 0 saturated carbocycles. The zero-order valence-corrected chi connectivity index (χ0v) is 15.1. The maximum atomic E-state index is 14.7. The topological polar surface area (TPSA) is 63.5 Å². The Bertz CT molecular complexity index is 765. The average Bonchev–Trinajstić information content (AvgIpc) is 3.17. The second-order valence-corrected chi connectivity index (χ2v) is 7.51. The van der Waals surface area contributed by atoms with Crippen LogP contribution in [0.2, 0.25) is 0 Å². The number of ether oxygens (including phenoxy) is 1. The van der Waals surface area contributed by atoms with Gasteiger partial charge in [0.05, 0.1) is 36.9 Å². The van der Waals surface area contributed by atoms with Crippen LogP contribution in [0.25, 0.3) is 0 Å². The van der Waals surface area contributed by atoms with Crippen LogP contribution in [-0.2, 0) is 11.3 Å². The van der Waals surface area contributed by atoms with Crippen molar-refractivity contribution in [2.45, 2.75) is 19.1 Å². The molecule has 2 fully saturated rings. The van der Waals surface area contributed by atoms with Gasteiger partial charge in [0, 0.05) is 18.8 Å². The van der Waals surface area contributed by atoms with E-state index in [1.54, 1.807) is 24.5 Å². The van der Waals surface area contributed by atoms with Crippen LogP contribution in [0.3, 0.4) is 0 Å². The van der Waals surface area contributed by atoms with Crippen molar-refractivity contribution in [2.75, 3.05) is 40.9 Å². The molecule has 1 amide bonds. The normalized spacial score (nSPS) is 21.0. The first-order valence-electron chi connectivity index (χ1n) is 8.65. The molecule has 0 spiro atoms. The van der Waals surface area contributed by atoms with Gasteiger partial charge in [0.2, 0.25) is 0 Å².